The molecule has 0 N–H and O–H groups in total. The Morgan fingerprint density at radius 3 is 1.43 bits per heavy atom. The molecule has 0 nitrogen and oxygen atoms in total. The molecule has 1 atom stereocenters. The Kier molecular flexibility index (Phi) is 3.63. The lowest BCUT2D eigenvalue weighted by Gasteiger charge is -2.28. The fraction of sp³-hybridized carbons (Fsp3) is 1.00. The normalized spacial score (nSPS) is 16.9. The van der Waals surface area contributed by atoms with Crippen LogP contribution in [-0.2, 0) is 0 Å². The van der Waals surface area contributed by atoms with Gasteiger partial charge in [-0.05, 0) is 0 Å². The Morgan fingerprint density at radius 1 is 0.857 bits per heavy atom. The zero-order chi connectivity index (χ0) is 11.8. The van der Waals surface area contributed by atoms with E-state index in [1.165, 1.54) is 0 Å². The first kappa shape index (κ1) is 13.7. The van der Waals surface area contributed by atoms with E-state index in [1.807, 2.05) is 0 Å². The van der Waals surface area contributed by atoms with Gasteiger partial charge in [0.1, 0.15) is 0 Å². The summed E-state index contributed by atoms with van der Waals surface area (Å²) in [6.45, 7) is 0. The Labute approximate surface area is 75.7 Å². The van der Waals surface area contributed by atoms with Gasteiger partial charge in [0.2, 0.25) is 5.50 Å². The average molecular weight is 252 g/mol. The summed E-state index contributed by atoms with van der Waals surface area (Å²) in [6, 6.07) is 0. The van der Waals surface area contributed by atoms with E-state index in [0.29, 0.717) is 0 Å². The van der Waals surface area contributed by atoms with Gasteiger partial charge in [-0.25, -0.2) is 4.39 Å². The first-order chi connectivity index (χ1) is 5.98. The van der Waals surface area contributed by atoms with Crippen molar-refractivity contribution in [2.45, 2.75) is 23.5 Å². The van der Waals surface area contributed by atoms with Gasteiger partial charge in [-0.2, -0.15) is 34.6 Å². The quantitative estimate of drug-likeness (QED) is 0.689. The average Bonchev–Trinajstić information content (AvgIpc) is 2.00. The Morgan fingerprint density at radius 2 is 1.21 bits per heavy atom. The molecule has 10 heteroatoms. The molecule has 0 aromatic heterocycles. The molecule has 1 unspecified atom stereocenters. The first-order valence-electron chi connectivity index (χ1n) is 2.72. The predicted molar refractivity (Wildman–Crippen MR) is 29.5 cm³/mol. The summed E-state index contributed by atoms with van der Waals surface area (Å²) in [6.07, 6.45) is -6.64. The highest BCUT2D eigenvalue weighted by Gasteiger charge is 2.76. The van der Waals surface area contributed by atoms with Gasteiger partial charge in [-0.1, -0.05) is 0 Å². The molecule has 14 heavy (non-hydrogen) atoms. The van der Waals surface area contributed by atoms with Gasteiger partial charge < -0.3 is 0 Å². The van der Waals surface area contributed by atoms with Gasteiger partial charge in [-0.3, -0.25) is 0 Å². The molecule has 0 aliphatic heterocycles. The monoisotopic (exact) mass is 252 g/mol. The molecule has 0 aromatic rings. The number of halogens is 9. The molecule has 86 valence electrons. The summed E-state index contributed by atoms with van der Waals surface area (Å²) in [4.78, 5) is 0. The fourth-order valence-corrected chi connectivity index (χ4v) is 0.647. The highest BCUT2D eigenvalue weighted by Crippen LogP contribution is 2.50. The Balaban J connectivity index is 5.07. The molecule has 0 aliphatic rings. The van der Waals surface area contributed by atoms with Crippen LogP contribution in [0.5, 0.6) is 0 Å². The van der Waals surface area contributed by atoms with Crippen molar-refractivity contribution in [1.82, 2.24) is 0 Å². The maximum absolute atomic E-state index is 12.0. The molecule has 0 amide bonds. The summed E-state index contributed by atoms with van der Waals surface area (Å²) < 4.78 is 105. The molecular formula is C4HF9S. The van der Waals surface area contributed by atoms with Crippen LogP contribution < -0.4 is 0 Å². The molecule has 0 rings (SSSR count). The first-order valence-corrected chi connectivity index (χ1v) is 3.50. The van der Waals surface area contributed by atoms with E-state index < -0.39 is 35.7 Å². The number of hydrogen-bond acceptors (Lipinski definition) is 1. The Hall–Kier alpha value is -0.280. The molecular weight excluding hydrogens is 251 g/mol. The summed E-state index contributed by atoms with van der Waals surface area (Å²) in [5, 5.41) is 0. The third kappa shape index (κ3) is 2.04. The zero-order valence-corrected chi connectivity index (χ0v) is 6.70. The van der Waals surface area contributed by atoms with Crippen molar-refractivity contribution >= 4 is 12.1 Å². The summed E-state index contributed by atoms with van der Waals surface area (Å²) >= 11 is -1.92. The highest BCUT2D eigenvalue weighted by atomic mass is 32.2. The molecule has 0 saturated carbocycles. The Bertz CT molecular complexity index is 195. The topological polar surface area (TPSA) is 0 Å². The van der Waals surface area contributed by atoms with Gasteiger partial charge in [0.15, 0.2) is 0 Å². The van der Waals surface area contributed by atoms with E-state index >= 15 is 0 Å². The minimum Gasteiger partial charge on any atom is -0.226 e. The van der Waals surface area contributed by atoms with Crippen LogP contribution >= 0.6 is 12.1 Å². The van der Waals surface area contributed by atoms with Gasteiger partial charge >= 0.3 is 18.0 Å². The lowest BCUT2D eigenvalue weighted by atomic mass is 10.2. The molecule has 0 aromatic carbocycles. The largest absolute Gasteiger partial charge is 0.460 e. The van der Waals surface area contributed by atoms with Crippen LogP contribution in [0.3, 0.4) is 0 Å². The maximum Gasteiger partial charge on any atom is 0.460 e. The van der Waals surface area contributed by atoms with Crippen molar-refractivity contribution < 1.29 is 39.0 Å². The van der Waals surface area contributed by atoms with Crippen molar-refractivity contribution in [3.05, 3.63) is 0 Å². The van der Waals surface area contributed by atoms with Crippen molar-refractivity contribution in [3.8, 4) is 0 Å². The van der Waals surface area contributed by atoms with Crippen molar-refractivity contribution in [2.75, 3.05) is 0 Å². The number of rotatable bonds is 3. The fourth-order valence-electron chi connectivity index (χ4n) is 0.387. The number of hydrogen-bond donors (Lipinski definition) is 0. The lowest BCUT2D eigenvalue weighted by molar-refractivity contribution is -0.359. The summed E-state index contributed by atoms with van der Waals surface area (Å²) in [5.74, 6) is -12.8. The van der Waals surface area contributed by atoms with E-state index in [4.69, 9.17) is 0 Å². The SMILES string of the molecule is FSC(F)C(F)(F)C(F)(F)C(F)(F)F. The van der Waals surface area contributed by atoms with E-state index in [2.05, 4.69) is 0 Å². The van der Waals surface area contributed by atoms with E-state index in [9.17, 15) is 39.0 Å². The summed E-state index contributed by atoms with van der Waals surface area (Å²) in [5.41, 5.74) is -4.28. The second kappa shape index (κ2) is 3.70. The molecule has 0 bridgehead atoms. The van der Waals surface area contributed by atoms with Crippen molar-refractivity contribution in [2.24, 2.45) is 0 Å². The van der Waals surface area contributed by atoms with Gasteiger partial charge in [0.25, 0.3) is 0 Å². The molecule has 0 saturated heterocycles. The van der Waals surface area contributed by atoms with Crippen LogP contribution in [0.25, 0.3) is 0 Å². The second-order valence-corrected chi connectivity index (χ2v) is 2.69. The van der Waals surface area contributed by atoms with Gasteiger partial charge in [0, 0.05) is 0 Å². The molecule has 0 spiro atoms. The smallest absolute Gasteiger partial charge is 0.226 e. The van der Waals surface area contributed by atoms with Gasteiger partial charge in [-0.15, -0.1) is 0 Å². The van der Waals surface area contributed by atoms with Crippen LogP contribution in [0.2, 0.25) is 0 Å². The van der Waals surface area contributed by atoms with E-state index in [-0.39, 0.29) is 0 Å². The molecule has 0 fully saturated rings. The number of alkyl halides is 8. The molecule has 0 heterocycles. The predicted octanol–water partition coefficient (Wildman–Crippen LogP) is 3.73. The summed E-state index contributed by atoms with van der Waals surface area (Å²) in [7, 11) is 0. The van der Waals surface area contributed by atoms with Crippen molar-refractivity contribution in [3.63, 3.8) is 0 Å². The van der Waals surface area contributed by atoms with E-state index in [0.717, 1.165) is 0 Å². The third-order valence-electron chi connectivity index (χ3n) is 1.14. The molecule has 0 radical (unpaired) electrons. The maximum atomic E-state index is 12.0. The second-order valence-electron chi connectivity index (χ2n) is 2.10. The van der Waals surface area contributed by atoms with Crippen LogP contribution in [0.1, 0.15) is 0 Å². The lowest BCUT2D eigenvalue weighted by Crippen LogP contribution is -2.55. The third-order valence-corrected chi connectivity index (χ3v) is 1.59. The minimum atomic E-state index is -6.64. The highest BCUT2D eigenvalue weighted by molar-refractivity contribution is 7.94. The van der Waals surface area contributed by atoms with Crippen LogP contribution in [0.15, 0.2) is 0 Å². The minimum absolute atomic E-state index is 1.92. The van der Waals surface area contributed by atoms with Crippen LogP contribution in [0, 0.1) is 0 Å². The standard InChI is InChI=1S/C4HF9S/c5-1(14-13)2(6,7)3(8,9)4(10,11)12/h1H. The van der Waals surface area contributed by atoms with E-state index in [1.54, 1.807) is 0 Å². The van der Waals surface area contributed by atoms with Gasteiger partial charge in [0.05, 0.1) is 12.1 Å². The zero-order valence-electron chi connectivity index (χ0n) is 5.89. The van der Waals surface area contributed by atoms with Crippen LogP contribution in [0.4, 0.5) is 39.0 Å². The van der Waals surface area contributed by atoms with Crippen LogP contribution in [-0.4, -0.2) is 23.5 Å². The molecule has 0 aliphatic carbocycles. The van der Waals surface area contributed by atoms with Crippen molar-refractivity contribution in [1.29, 1.82) is 0 Å².